The number of methoxy groups -OCH3 is 1. The van der Waals surface area contributed by atoms with E-state index in [1.807, 2.05) is 6.92 Å². The Balaban J connectivity index is 2.99. The molecule has 0 saturated heterocycles. The van der Waals surface area contributed by atoms with E-state index in [-0.39, 0.29) is 23.5 Å². The molecule has 2 rings (SSSR count). The fourth-order valence-electron chi connectivity index (χ4n) is 3.61. The number of hydrogen-bond acceptors (Lipinski definition) is 3. The molecule has 1 aromatic rings. The van der Waals surface area contributed by atoms with E-state index in [0.29, 0.717) is 5.76 Å². The van der Waals surface area contributed by atoms with Crippen molar-refractivity contribution in [2.24, 2.45) is 5.92 Å². The van der Waals surface area contributed by atoms with Crippen molar-refractivity contribution in [2.75, 3.05) is 13.9 Å². The van der Waals surface area contributed by atoms with Gasteiger partial charge in [0.2, 0.25) is 5.78 Å². The summed E-state index contributed by atoms with van der Waals surface area (Å²) in [5, 5.41) is 3.72. The van der Waals surface area contributed by atoms with Crippen LogP contribution in [0.25, 0.3) is 11.0 Å². The van der Waals surface area contributed by atoms with E-state index >= 15 is 0 Å². The van der Waals surface area contributed by atoms with Gasteiger partial charge in [0.25, 0.3) is 0 Å². The molecule has 1 aliphatic rings. The fraction of sp³-hybridized carbons (Fsp3) is 0.571. The zero-order valence-corrected chi connectivity index (χ0v) is 17.9. The molecule has 0 aliphatic heterocycles. The van der Waals surface area contributed by atoms with Crippen LogP contribution in [0.1, 0.15) is 40.2 Å². The van der Waals surface area contributed by atoms with Gasteiger partial charge in [-0.15, -0.1) is 0 Å². The first-order chi connectivity index (χ1) is 11.6. The van der Waals surface area contributed by atoms with Crippen LogP contribution >= 0.6 is 0 Å². The summed E-state index contributed by atoms with van der Waals surface area (Å²) < 4.78 is 10.8. The monoisotopic (exact) mass is 360 g/mol. The van der Waals surface area contributed by atoms with Crippen LogP contribution in [0.15, 0.2) is 18.2 Å². The molecule has 0 N–H and O–H groups in total. The summed E-state index contributed by atoms with van der Waals surface area (Å²) in [7, 11) is -0.281. The van der Waals surface area contributed by atoms with Gasteiger partial charge in [0.1, 0.15) is 0 Å². The van der Waals surface area contributed by atoms with Crippen LogP contribution < -0.4 is 10.4 Å². The molecule has 1 aliphatic carbocycles. The van der Waals surface area contributed by atoms with Crippen molar-refractivity contribution in [2.45, 2.75) is 59.2 Å². The smallest absolute Gasteiger partial charge is 0.204 e. The zero-order valence-electron chi connectivity index (χ0n) is 16.9. The lowest BCUT2D eigenvalue weighted by Gasteiger charge is -2.42. The van der Waals surface area contributed by atoms with Crippen LogP contribution in [0.2, 0.25) is 18.1 Å². The third-order valence-electron chi connectivity index (χ3n) is 5.97. The predicted molar refractivity (Wildman–Crippen MR) is 106 cm³/mol. The highest BCUT2D eigenvalue weighted by Gasteiger charge is 2.44. The third-order valence-corrected chi connectivity index (χ3v) is 11.8. The molecule has 25 heavy (non-hydrogen) atoms. The Hall–Kier alpha value is -1.39. The van der Waals surface area contributed by atoms with E-state index in [4.69, 9.17) is 9.47 Å². The van der Waals surface area contributed by atoms with Gasteiger partial charge in [-0.2, -0.15) is 0 Å². The van der Waals surface area contributed by atoms with Crippen LogP contribution in [0.3, 0.4) is 0 Å². The number of hydrogen-bond donors (Lipinski definition) is 0. The van der Waals surface area contributed by atoms with Gasteiger partial charge >= 0.3 is 0 Å². The Kier molecular flexibility index (Phi) is 5.64. The highest BCUT2D eigenvalue weighted by atomic mass is 28.3. The molecule has 1 aromatic carbocycles. The largest absolute Gasteiger partial charge is 0.463 e. The molecule has 3 nitrogen and oxygen atoms in total. The summed E-state index contributed by atoms with van der Waals surface area (Å²) in [5.41, 5.74) is 1.17. The minimum atomic E-state index is -1.86. The lowest BCUT2D eigenvalue weighted by Crippen LogP contribution is -2.52. The summed E-state index contributed by atoms with van der Waals surface area (Å²) in [6.07, 6.45) is 0.870. The number of benzene rings is 1. The lowest BCUT2D eigenvalue weighted by atomic mass is 9.92. The van der Waals surface area contributed by atoms with Crippen molar-refractivity contribution in [3.8, 4) is 0 Å². The van der Waals surface area contributed by atoms with Gasteiger partial charge in [-0.3, -0.25) is 4.79 Å². The third kappa shape index (κ3) is 3.34. The predicted octanol–water partition coefficient (Wildman–Crippen LogP) is 3.39. The molecule has 0 saturated carbocycles. The van der Waals surface area contributed by atoms with Crippen molar-refractivity contribution in [1.82, 2.24) is 0 Å². The van der Waals surface area contributed by atoms with Gasteiger partial charge in [0.05, 0.1) is 8.07 Å². The Morgan fingerprint density at radius 2 is 1.84 bits per heavy atom. The maximum atomic E-state index is 13.2. The molecule has 0 amide bonds. The van der Waals surface area contributed by atoms with Gasteiger partial charge < -0.3 is 9.47 Å². The Morgan fingerprint density at radius 1 is 1.20 bits per heavy atom. The number of rotatable bonds is 5. The highest BCUT2D eigenvalue weighted by molar-refractivity contribution is 6.96. The summed E-state index contributed by atoms with van der Waals surface area (Å²) in [5.74, 6) is 0.418. The average molecular weight is 361 g/mol. The zero-order chi connectivity index (χ0) is 19.0. The van der Waals surface area contributed by atoms with E-state index in [9.17, 15) is 4.79 Å². The Bertz CT molecular complexity index is 784. The van der Waals surface area contributed by atoms with Crippen molar-refractivity contribution in [3.63, 3.8) is 0 Å². The molecule has 0 spiro atoms. The minimum Gasteiger partial charge on any atom is -0.463 e. The minimum absolute atomic E-state index is 0.0882. The SMILES string of the molecule is CCc1cccc2c1=C(OCOC)C(=O)C(C)C=2[Si](C)(C)C(C)(C)C. The number of fused-ring (bicyclic) bond motifs is 1. The van der Waals surface area contributed by atoms with E-state index < -0.39 is 8.07 Å². The van der Waals surface area contributed by atoms with Gasteiger partial charge in [0.15, 0.2) is 12.6 Å². The second-order valence-corrected chi connectivity index (χ2v) is 13.7. The first-order valence-corrected chi connectivity index (χ1v) is 12.1. The normalized spacial score (nSPS) is 18.4. The summed E-state index contributed by atoms with van der Waals surface area (Å²) >= 11 is 0. The first kappa shape index (κ1) is 19.9. The molecule has 0 heterocycles. The molecule has 0 radical (unpaired) electrons. The first-order valence-electron chi connectivity index (χ1n) is 9.10. The summed E-state index contributed by atoms with van der Waals surface area (Å²) in [4.78, 5) is 13.2. The second-order valence-electron chi connectivity index (χ2n) is 8.45. The van der Waals surface area contributed by atoms with Crippen LogP contribution in [0.4, 0.5) is 0 Å². The van der Waals surface area contributed by atoms with Gasteiger partial charge in [-0.25, -0.2) is 0 Å². The maximum absolute atomic E-state index is 13.2. The van der Waals surface area contributed by atoms with Crippen LogP contribution in [0, 0.1) is 5.92 Å². The number of carbonyl (C=O) groups is 1. The molecule has 0 bridgehead atoms. The molecule has 1 unspecified atom stereocenters. The van der Waals surface area contributed by atoms with Crippen LogP contribution in [-0.4, -0.2) is 27.8 Å². The van der Waals surface area contributed by atoms with Crippen molar-refractivity contribution < 1.29 is 14.3 Å². The van der Waals surface area contributed by atoms with Crippen LogP contribution in [-0.2, 0) is 20.7 Å². The molecule has 0 fully saturated rings. The van der Waals surface area contributed by atoms with Gasteiger partial charge in [-0.1, -0.05) is 71.1 Å². The average Bonchev–Trinajstić information content (AvgIpc) is 2.53. The van der Waals surface area contributed by atoms with E-state index in [0.717, 1.165) is 11.6 Å². The van der Waals surface area contributed by atoms with E-state index in [1.54, 1.807) is 7.11 Å². The van der Waals surface area contributed by atoms with Crippen molar-refractivity contribution in [1.29, 1.82) is 0 Å². The molecule has 4 heteroatoms. The molecule has 1 atom stereocenters. The molecule has 0 aromatic heterocycles. The summed E-state index contributed by atoms with van der Waals surface area (Å²) in [6, 6.07) is 6.38. The second kappa shape index (κ2) is 7.08. The highest BCUT2D eigenvalue weighted by Crippen LogP contribution is 2.44. The molecular weight excluding hydrogens is 328 g/mol. The van der Waals surface area contributed by atoms with Gasteiger partial charge in [0, 0.05) is 18.2 Å². The number of aryl methyl sites for hydroxylation is 1. The number of ketones is 1. The van der Waals surface area contributed by atoms with Crippen LogP contribution in [0.5, 0.6) is 0 Å². The van der Waals surface area contributed by atoms with E-state index in [1.165, 1.54) is 16.0 Å². The fourth-order valence-corrected chi connectivity index (χ4v) is 6.52. The maximum Gasteiger partial charge on any atom is 0.204 e. The quantitative estimate of drug-likeness (QED) is 0.596. The Morgan fingerprint density at radius 3 is 2.36 bits per heavy atom. The Labute approximate surface area is 152 Å². The lowest BCUT2D eigenvalue weighted by molar-refractivity contribution is -0.118. The number of Topliss-reactive ketones (excluding diaryl/α,β-unsaturated/α-hetero) is 1. The van der Waals surface area contributed by atoms with Crippen molar-refractivity contribution >= 4 is 24.8 Å². The summed E-state index contributed by atoms with van der Waals surface area (Å²) in [6.45, 7) is 15.9. The number of carbonyl (C=O) groups excluding carboxylic acids is 1. The van der Waals surface area contributed by atoms with Crippen molar-refractivity contribution in [3.05, 3.63) is 34.2 Å². The number of ether oxygens (including phenoxy) is 2. The topological polar surface area (TPSA) is 35.5 Å². The standard InChI is InChI=1S/C21H32O3Si/c1-9-15-11-10-12-16-17(15)19(24-13-23-6)18(22)14(2)20(16)25(7,8)21(3,4)5/h10-12,14H,9,13H2,1-8H3. The molecule has 138 valence electrons. The van der Waals surface area contributed by atoms with E-state index in [2.05, 4.69) is 59.0 Å². The van der Waals surface area contributed by atoms with Gasteiger partial charge in [-0.05, 0) is 22.2 Å². The molecular formula is C21H32O3Si.